The Morgan fingerprint density at radius 1 is 1.48 bits per heavy atom. The van der Waals surface area contributed by atoms with Crippen LogP contribution >= 0.6 is 0 Å². The van der Waals surface area contributed by atoms with Gasteiger partial charge in [-0.15, -0.1) is 0 Å². The van der Waals surface area contributed by atoms with Gasteiger partial charge in [0.25, 0.3) is 0 Å². The van der Waals surface area contributed by atoms with Crippen molar-refractivity contribution in [2.24, 2.45) is 5.92 Å². The van der Waals surface area contributed by atoms with E-state index in [0.717, 1.165) is 12.2 Å². The topological polar surface area (TPSA) is 62.9 Å². The largest absolute Gasteiger partial charge is 0.467 e. The molecular formula is C16H27NO4. The summed E-state index contributed by atoms with van der Waals surface area (Å²) in [5, 5.41) is 9.00. The molecule has 1 aromatic heterocycles. The Morgan fingerprint density at radius 3 is 2.62 bits per heavy atom. The number of carbonyl (C=O) groups excluding carboxylic acids is 1. The second kappa shape index (κ2) is 7.50. The van der Waals surface area contributed by atoms with Gasteiger partial charge in [0.05, 0.1) is 12.3 Å². The molecule has 2 unspecified atom stereocenters. The fourth-order valence-corrected chi connectivity index (χ4v) is 2.33. The highest BCUT2D eigenvalue weighted by atomic mass is 16.6. The second-order valence-corrected chi connectivity index (χ2v) is 6.39. The molecule has 1 aromatic rings. The van der Waals surface area contributed by atoms with Crippen LogP contribution in [-0.2, 0) is 4.74 Å². The predicted molar refractivity (Wildman–Crippen MR) is 80.9 cm³/mol. The molecule has 5 nitrogen and oxygen atoms in total. The maximum absolute atomic E-state index is 12.3. The summed E-state index contributed by atoms with van der Waals surface area (Å²) in [6.07, 6.45) is 2.72. The Labute approximate surface area is 126 Å². The lowest BCUT2D eigenvalue weighted by molar-refractivity contribution is 0.0134. The predicted octanol–water partition coefficient (Wildman–Crippen LogP) is 3.60. The van der Waals surface area contributed by atoms with Crippen molar-refractivity contribution in [3.05, 3.63) is 24.2 Å². The molecule has 0 radical (unpaired) electrons. The van der Waals surface area contributed by atoms with E-state index in [-0.39, 0.29) is 24.7 Å². The molecule has 0 saturated heterocycles. The summed E-state index contributed by atoms with van der Waals surface area (Å²) >= 11 is 0. The summed E-state index contributed by atoms with van der Waals surface area (Å²) in [7, 11) is 1.72. The van der Waals surface area contributed by atoms with Crippen LogP contribution in [0.2, 0.25) is 0 Å². The first-order chi connectivity index (χ1) is 9.76. The van der Waals surface area contributed by atoms with Crippen molar-refractivity contribution in [3.8, 4) is 0 Å². The zero-order valence-electron chi connectivity index (χ0n) is 13.6. The van der Waals surface area contributed by atoms with Gasteiger partial charge in [0, 0.05) is 13.7 Å². The Bertz CT molecular complexity index is 422. The van der Waals surface area contributed by atoms with Gasteiger partial charge in [-0.2, -0.15) is 0 Å². The minimum atomic E-state index is -0.534. The summed E-state index contributed by atoms with van der Waals surface area (Å²) in [4.78, 5) is 13.9. The number of hydrogen-bond acceptors (Lipinski definition) is 4. The van der Waals surface area contributed by atoms with Gasteiger partial charge >= 0.3 is 6.09 Å². The fraction of sp³-hybridized carbons (Fsp3) is 0.688. The third-order valence-corrected chi connectivity index (χ3v) is 3.29. The van der Waals surface area contributed by atoms with Crippen LogP contribution in [0.3, 0.4) is 0 Å². The summed E-state index contributed by atoms with van der Waals surface area (Å²) in [6.45, 7) is 7.72. The summed E-state index contributed by atoms with van der Waals surface area (Å²) in [5.41, 5.74) is -0.534. The molecule has 120 valence electrons. The molecule has 0 saturated carbocycles. The average molecular weight is 297 g/mol. The van der Waals surface area contributed by atoms with Crippen molar-refractivity contribution in [1.82, 2.24) is 4.90 Å². The van der Waals surface area contributed by atoms with E-state index in [1.807, 2.05) is 39.8 Å². The van der Waals surface area contributed by atoms with Crippen molar-refractivity contribution in [2.75, 3.05) is 13.7 Å². The van der Waals surface area contributed by atoms with Gasteiger partial charge in [0.1, 0.15) is 11.4 Å². The van der Waals surface area contributed by atoms with E-state index in [1.54, 1.807) is 18.2 Å². The molecule has 0 bridgehead atoms. The Kier molecular flexibility index (Phi) is 6.27. The molecule has 1 amide bonds. The minimum absolute atomic E-state index is 0.144. The standard InChI is InChI=1S/C16H27NO4/c1-12(8-6-10-18)14(13-9-7-11-20-13)17(5)15(19)21-16(2,3)4/h7,9,11-12,14,18H,6,8,10H2,1-5H3. The van der Waals surface area contributed by atoms with Crippen molar-refractivity contribution in [3.63, 3.8) is 0 Å². The molecule has 0 aliphatic heterocycles. The number of aliphatic hydroxyl groups is 1. The molecule has 1 heterocycles. The van der Waals surface area contributed by atoms with Crippen molar-refractivity contribution in [2.45, 2.75) is 52.2 Å². The number of furan rings is 1. The molecule has 0 aliphatic rings. The number of carbonyl (C=O) groups is 1. The summed E-state index contributed by atoms with van der Waals surface area (Å²) in [5.74, 6) is 0.884. The number of hydrogen-bond donors (Lipinski definition) is 1. The second-order valence-electron chi connectivity index (χ2n) is 6.39. The minimum Gasteiger partial charge on any atom is -0.467 e. The van der Waals surface area contributed by atoms with Gasteiger partial charge in [-0.3, -0.25) is 0 Å². The lowest BCUT2D eigenvalue weighted by atomic mass is 9.94. The SMILES string of the molecule is CC(CCCO)C(c1ccco1)N(C)C(=O)OC(C)(C)C. The van der Waals surface area contributed by atoms with E-state index in [4.69, 9.17) is 14.3 Å². The van der Waals surface area contributed by atoms with Gasteiger partial charge in [0.15, 0.2) is 0 Å². The highest BCUT2D eigenvalue weighted by molar-refractivity contribution is 5.68. The van der Waals surface area contributed by atoms with E-state index in [9.17, 15) is 4.79 Å². The first-order valence-corrected chi connectivity index (χ1v) is 7.36. The van der Waals surface area contributed by atoms with E-state index in [1.165, 1.54) is 0 Å². The number of aliphatic hydroxyl groups excluding tert-OH is 1. The van der Waals surface area contributed by atoms with Gasteiger partial charge in [-0.05, 0) is 51.7 Å². The molecule has 0 aromatic carbocycles. The van der Waals surface area contributed by atoms with Crippen LogP contribution in [0.1, 0.15) is 52.3 Å². The smallest absolute Gasteiger partial charge is 0.410 e. The van der Waals surface area contributed by atoms with Crippen LogP contribution in [-0.4, -0.2) is 35.4 Å². The van der Waals surface area contributed by atoms with Gasteiger partial charge < -0.3 is 19.2 Å². The summed E-state index contributed by atoms with van der Waals surface area (Å²) < 4.78 is 10.9. The van der Waals surface area contributed by atoms with Gasteiger partial charge in [-0.25, -0.2) is 4.79 Å². The van der Waals surface area contributed by atoms with Crippen LogP contribution in [0.25, 0.3) is 0 Å². The van der Waals surface area contributed by atoms with Crippen molar-refractivity contribution < 1.29 is 19.1 Å². The molecule has 0 spiro atoms. The Hall–Kier alpha value is -1.49. The summed E-state index contributed by atoms with van der Waals surface area (Å²) in [6, 6.07) is 3.46. The van der Waals surface area contributed by atoms with E-state index in [0.29, 0.717) is 6.42 Å². The van der Waals surface area contributed by atoms with E-state index < -0.39 is 5.60 Å². The Morgan fingerprint density at radius 2 is 2.14 bits per heavy atom. The quantitative estimate of drug-likeness (QED) is 0.871. The van der Waals surface area contributed by atoms with Crippen LogP contribution in [0.5, 0.6) is 0 Å². The molecule has 1 N–H and O–H groups in total. The molecular weight excluding hydrogens is 270 g/mol. The normalized spacial score (nSPS) is 14.6. The lowest BCUT2D eigenvalue weighted by Gasteiger charge is -2.33. The third-order valence-electron chi connectivity index (χ3n) is 3.29. The maximum atomic E-state index is 12.3. The van der Waals surface area contributed by atoms with Crippen molar-refractivity contribution in [1.29, 1.82) is 0 Å². The van der Waals surface area contributed by atoms with Crippen molar-refractivity contribution >= 4 is 6.09 Å². The number of rotatable bonds is 6. The van der Waals surface area contributed by atoms with Crippen LogP contribution in [0.4, 0.5) is 4.79 Å². The molecule has 0 fully saturated rings. The fourth-order valence-electron chi connectivity index (χ4n) is 2.33. The molecule has 1 rings (SSSR count). The lowest BCUT2D eigenvalue weighted by Crippen LogP contribution is -2.38. The van der Waals surface area contributed by atoms with Crippen LogP contribution in [0, 0.1) is 5.92 Å². The third kappa shape index (κ3) is 5.42. The van der Waals surface area contributed by atoms with Crippen LogP contribution < -0.4 is 0 Å². The zero-order chi connectivity index (χ0) is 16.0. The monoisotopic (exact) mass is 297 g/mol. The van der Waals surface area contributed by atoms with Gasteiger partial charge in [-0.1, -0.05) is 6.92 Å². The first kappa shape index (κ1) is 17.6. The molecule has 2 atom stereocenters. The molecule has 0 aliphatic carbocycles. The number of amides is 1. The average Bonchev–Trinajstić information content (AvgIpc) is 2.88. The highest BCUT2D eigenvalue weighted by Crippen LogP contribution is 2.32. The van der Waals surface area contributed by atoms with Crippen LogP contribution in [0.15, 0.2) is 22.8 Å². The molecule has 21 heavy (non-hydrogen) atoms. The number of ether oxygens (including phenoxy) is 1. The van der Waals surface area contributed by atoms with Gasteiger partial charge in [0.2, 0.25) is 0 Å². The zero-order valence-corrected chi connectivity index (χ0v) is 13.6. The number of nitrogens with zero attached hydrogens (tertiary/aromatic N) is 1. The first-order valence-electron chi connectivity index (χ1n) is 7.36. The van der Waals surface area contributed by atoms with E-state index >= 15 is 0 Å². The maximum Gasteiger partial charge on any atom is 0.410 e. The van der Waals surface area contributed by atoms with E-state index in [2.05, 4.69) is 0 Å². The molecule has 5 heteroatoms. The Balaban J connectivity index is 2.88. The highest BCUT2D eigenvalue weighted by Gasteiger charge is 2.31.